The highest BCUT2D eigenvalue weighted by atomic mass is 32.1. The van der Waals surface area contributed by atoms with Gasteiger partial charge in [-0.3, -0.25) is 9.78 Å². The Morgan fingerprint density at radius 1 is 1.04 bits per heavy atom. The van der Waals surface area contributed by atoms with Gasteiger partial charge >= 0.3 is 0 Å². The molecule has 0 atom stereocenters. The number of anilines is 1. The molecule has 0 aliphatic carbocycles. The number of carbonyl (C=O) groups excluding carboxylic acids is 1. The minimum absolute atomic E-state index is 0.122. The van der Waals surface area contributed by atoms with E-state index in [-0.39, 0.29) is 5.91 Å². The van der Waals surface area contributed by atoms with Gasteiger partial charge in [0.05, 0.1) is 15.8 Å². The summed E-state index contributed by atoms with van der Waals surface area (Å²) in [5.41, 5.74) is 1.45. The number of fused-ring (bicyclic) bond motifs is 2. The van der Waals surface area contributed by atoms with Crippen LogP contribution in [0.1, 0.15) is 10.4 Å². The highest BCUT2D eigenvalue weighted by Crippen LogP contribution is 2.25. The largest absolute Gasteiger partial charge is 0.367 e. The molecule has 0 spiro atoms. The summed E-state index contributed by atoms with van der Waals surface area (Å²) in [5.74, 6) is 0.741. The van der Waals surface area contributed by atoms with Crippen LogP contribution in [0, 0.1) is 0 Å². The fraction of sp³-hybridized carbons (Fsp3) is 0.105. The maximum Gasteiger partial charge on any atom is 0.252 e. The van der Waals surface area contributed by atoms with Gasteiger partial charge in [0.25, 0.3) is 5.91 Å². The van der Waals surface area contributed by atoms with Crippen LogP contribution in [-0.2, 0) is 0 Å². The Labute approximate surface area is 148 Å². The predicted molar refractivity (Wildman–Crippen MR) is 102 cm³/mol. The number of pyridine rings is 1. The van der Waals surface area contributed by atoms with Crippen LogP contribution in [0.2, 0.25) is 0 Å². The van der Waals surface area contributed by atoms with Crippen LogP contribution in [0.3, 0.4) is 0 Å². The first-order valence-electron chi connectivity index (χ1n) is 8.02. The maximum absolute atomic E-state index is 12.3. The first-order valence-corrected chi connectivity index (χ1v) is 8.80. The van der Waals surface area contributed by atoms with E-state index in [0.29, 0.717) is 18.7 Å². The van der Waals surface area contributed by atoms with Gasteiger partial charge in [-0.25, -0.2) is 0 Å². The summed E-state index contributed by atoms with van der Waals surface area (Å²) >= 11 is 1.47. The Hall–Kier alpha value is -2.99. The highest BCUT2D eigenvalue weighted by Gasteiger charge is 2.07. The van der Waals surface area contributed by atoms with Crippen LogP contribution in [0.15, 0.2) is 60.8 Å². The Morgan fingerprint density at radius 3 is 2.84 bits per heavy atom. The number of amides is 1. The van der Waals surface area contributed by atoms with Crippen molar-refractivity contribution in [2.24, 2.45) is 0 Å². The molecule has 4 rings (SSSR count). The van der Waals surface area contributed by atoms with Crippen molar-refractivity contribution < 1.29 is 4.79 Å². The van der Waals surface area contributed by atoms with Crippen molar-refractivity contribution in [3.63, 3.8) is 0 Å². The van der Waals surface area contributed by atoms with Crippen LogP contribution in [0.4, 0.5) is 5.82 Å². The molecular formula is C19H16N4OS. The standard InChI is InChI=1S/C19H16N4OS/c24-19(14-11-13-5-1-3-7-16(13)22-12-14)21-10-9-20-18-15-6-2-4-8-17(15)25-23-18/h1-8,11-12H,9-10H2,(H,20,23)(H,21,24). The number of rotatable bonds is 5. The molecule has 0 fully saturated rings. The predicted octanol–water partition coefficient (Wildman–Crippen LogP) is 3.69. The van der Waals surface area contributed by atoms with Crippen molar-refractivity contribution in [2.45, 2.75) is 0 Å². The molecule has 0 saturated carbocycles. The van der Waals surface area contributed by atoms with E-state index in [2.05, 4.69) is 20.0 Å². The van der Waals surface area contributed by atoms with Gasteiger partial charge in [0, 0.05) is 30.1 Å². The molecule has 0 radical (unpaired) electrons. The van der Waals surface area contributed by atoms with Crippen molar-refractivity contribution in [2.75, 3.05) is 18.4 Å². The molecule has 0 saturated heterocycles. The van der Waals surface area contributed by atoms with Gasteiger partial charge in [0.15, 0.2) is 0 Å². The summed E-state index contributed by atoms with van der Waals surface area (Å²) < 4.78 is 5.56. The SMILES string of the molecule is O=C(NCCNc1nsc2ccccc12)c1cnc2ccccc2c1. The lowest BCUT2D eigenvalue weighted by Gasteiger charge is -2.07. The van der Waals surface area contributed by atoms with E-state index in [4.69, 9.17) is 0 Å². The monoisotopic (exact) mass is 348 g/mol. The van der Waals surface area contributed by atoms with Gasteiger partial charge in [0.1, 0.15) is 5.82 Å². The maximum atomic E-state index is 12.3. The van der Waals surface area contributed by atoms with Crippen molar-refractivity contribution in [3.05, 3.63) is 66.4 Å². The summed E-state index contributed by atoms with van der Waals surface area (Å²) in [6.07, 6.45) is 1.61. The first kappa shape index (κ1) is 15.5. The van der Waals surface area contributed by atoms with Crippen molar-refractivity contribution in [3.8, 4) is 0 Å². The average molecular weight is 348 g/mol. The second-order valence-electron chi connectivity index (χ2n) is 5.63. The van der Waals surface area contributed by atoms with Gasteiger partial charge in [-0.2, -0.15) is 4.37 Å². The van der Waals surface area contributed by atoms with Crippen molar-refractivity contribution in [1.82, 2.24) is 14.7 Å². The van der Waals surface area contributed by atoms with E-state index in [1.165, 1.54) is 11.5 Å². The third-order valence-corrected chi connectivity index (χ3v) is 4.76. The Balaban J connectivity index is 1.35. The number of nitrogens with one attached hydrogen (secondary N) is 2. The van der Waals surface area contributed by atoms with Crippen molar-refractivity contribution >= 4 is 44.2 Å². The third-order valence-electron chi connectivity index (χ3n) is 3.93. The number of hydrogen-bond donors (Lipinski definition) is 2. The van der Waals surface area contributed by atoms with Gasteiger partial charge in [-0.1, -0.05) is 30.3 Å². The molecule has 0 aliphatic rings. The van der Waals surface area contributed by atoms with Crippen LogP contribution in [0.5, 0.6) is 0 Å². The lowest BCUT2D eigenvalue weighted by molar-refractivity contribution is 0.0955. The molecule has 0 bridgehead atoms. The second kappa shape index (κ2) is 6.86. The first-order chi connectivity index (χ1) is 12.3. The molecule has 25 heavy (non-hydrogen) atoms. The Morgan fingerprint density at radius 2 is 1.88 bits per heavy atom. The minimum atomic E-state index is -0.122. The molecule has 2 heterocycles. The normalized spacial score (nSPS) is 10.9. The molecule has 4 aromatic rings. The molecular weight excluding hydrogens is 332 g/mol. The van der Waals surface area contributed by atoms with Gasteiger partial charge in [-0.05, 0) is 35.8 Å². The number of benzene rings is 2. The van der Waals surface area contributed by atoms with Crippen LogP contribution < -0.4 is 10.6 Å². The molecule has 2 aromatic heterocycles. The summed E-state index contributed by atoms with van der Waals surface area (Å²) in [6, 6.07) is 17.7. The van der Waals surface area contributed by atoms with E-state index in [9.17, 15) is 4.79 Å². The summed E-state index contributed by atoms with van der Waals surface area (Å²) in [4.78, 5) is 16.6. The average Bonchev–Trinajstić information content (AvgIpc) is 3.08. The van der Waals surface area contributed by atoms with E-state index in [1.54, 1.807) is 6.20 Å². The lowest BCUT2D eigenvalue weighted by Crippen LogP contribution is -2.28. The zero-order valence-corrected chi connectivity index (χ0v) is 14.2. The molecule has 2 N–H and O–H groups in total. The van der Waals surface area contributed by atoms with E-state index >= 15 is 0 Å². The zero-order valence-electron chi connectivity index (χ0n) is 13.4. The van der Waals surface area contributed by atoms with E-state index in [0.717, 1.165) is 26.8 Å². The van der Waals surface area contributed by atoms with Crippen LogP contribution >= 0.6 is 11.5 Å². The van der Waals surface area contributed by atoms with Crippen LogP contribution in [-0.4, -0.2) is 28.4 Å². The molecule has 6 heteroatoms. The van der Waals surface area contributed by atoms with Gasteiger partial charge < -0.3 is 10.6 Å². The fourth-order valence-corrected chi connectivity index (χ4v) is 3.42. The lowest BCUT2D eigenvalue weighted by atomic mass is 10.1. The molecule has 2 aromatic carbocycles. The molecule has 1 amide bonds. The highest BCUT2D eigenvalue weighted by molar-refractivity contribution is 7.13. The third kappa shape index (κ3) is 3.29. The summed E-state index contributed by atoms with van der Waals surface area (Å²) in [7, 11) is 0. The number of para-hydroxylation sites is 1. The molecule has 0 aliphatic heterocycles. The topological polar surface area (TPSA) is 66.9 Å². The second-order valence-corrected chi connectivity index (χ2v) is 6.43. The molecule has 0 unspecified atom stereocenters. The van der Waals surface area contributed by atoms with E-state index < -0.39 is 0 Å². The molecule has 5 nitrogen and oxygen atoms in total. The summed E-state index contributed by atoms with van der Waals surface area (Å²) in [6.45, 7) is 1.12. The fourth-order valence-electron chi connectivity index (χ4n) is 2.67. The Bertz CT molecular complexity index is 1040. The Kier molecular flexibility index (Phi) is 4.26. The zero-order chi connectivity index (χ0) is 17.1. The van der Waals surface area contributed by atoms with Crippen molar-refractivity contribution in [1.29, 1.82) is 0 Å². The number of hydrogen-bond acceptors (Lipinski definition) is 5. The smallest absolute Gasteiger partial charge is 0.252 e. The quantitative estimate of drug-likeness (QED) is 0.540. The minimum Gasteiger partial charge on any atom is -0.367 e. The summed E-state index contributed by atoms with van der Waals surface area (Å²) in [5, 5.41) is 8.25. The number of nitrogens with zero attached hydrogens (tertiary/aromatic N) is 2. The van der Waals surface area contributed by atoms with Gasteiger partial charge in [-0.15, -0.1) is 0 Å². The van der Waals surface area contributed by atoms with Crippen LogP contribution in [0.25, 0.3) is 21.0 Å². The number of carbonyl (C=O) groups is 1. The molecule has 124 valence electrons. The van der Waals surface area contributed by atoms with Gasteiger partial charge in [0.2, 0.25) is 0 Å². The van der Waals surface area contributed by atoms with E-state index in [1.807, 2.05) is 54.6 Å². The number of aromatic nitrogens is 2.